The average molecular weight is 238 g/mol. The Morgan fingerprint density at radius 1 is 1.53 bits per heavy atom. The van der Waals surface area contributed by atoms with E-state index in [1.807, 2.05) is 0 Å². The van der Waals surface area contributed by atoms with E-state index in [1.165, 1.54) is 12.1 Å². The van der Waals surface area contributed by atoms with E-state index in [0.717, 1.165) is 5.56 Å². The van der Waals surface area contributed by atoms with E-state index in [1.54, 1.807) is 13.0 Å². The van der Waals surface area contributed by atoms with Crippen LogP contribution in [0.5, 0.6) is 0 Å². The van der Waals surface area contributed by atoms with Crippen molar-refractivity contribution in [3.8, 4) is 0 Å². The molecule has 1 aromatic carbocycles. The third-order valence-electron chi connectivity index (χ3n) is 2.80. The molecule has 0 saturated carbocycles. The first-order valence-corrected chi connectivity index (χ1v) is 5.45. The topological polar surface area (TPSA) is 64.4 Å². The zero-order chi connectivity index (χ0) is 12.5. The third kappa shape index (κ3) is 2.62. The maximum atomic E-state index is 13.1. The van der Waals surface area contributed by atoms with Gasteiger partial charge in [-0.3, -0.25) is 4.79 Å². The van der Waals surface area contributed by atoms with Crippen LogP contribution in [-0.4, -0.2) is 24.7 Å². The number of nitrogens with two attached hydrogens (primary N) is 1. The third-order valence-corrected chi connectivity index (χ3v) is 2.80. The van der Waals surface area contributed by atoms with Crippen molar-refractivity contribution in [2.75, 3.05) is 18.5 Å². The van der Waals surface area contributed by atoms with Crippen LogP contribution in [-0.2, 0) is 9.53 Å². The van der Waals surface area contributed by atoms with Crippen molar-refractivity contribution in [1.82, 2.24) is 0 Å². The van der Waals surface area contributed by atoms with E-state index in [2.05, 4.69) is 5.32 Å². The van der Waals surface area contributed by atoms with E-state index in [9.17, 15) is 9.18 Å². The summed E-state index contributed by atoms with van der Waals surface area (Å²) < 4.78 is 18.3. The maximum Gasteiger partial charge on any atom is 0.246 e. The number of aryl methyl sites for hydroxylation is 1. The lowest BCUT2D eigenvalue weighted by Gasteiger charge is -2.20. The van der Waals surface area contributed by atoms with Gasteiger partial charge in [-0.25, -0.2) is 4.39 Å². The lowest BCUT2D eigenvalue weighted by molar-refractivity contribution is -0.121. The van der Waals surface area contributed by atoms with Crippen LogP contribution in [0.4, 0.5) is 10.1 Å². The van der Waals surface area contributed by atoms with Crippen molar-refractivity contribution < 1.29 is 13.9 Å². The van der Waals surface area contributed by atoms with E-state index in [4.69, 9.17) is 10.5 Å². The summed E-state index contributed by atoms with van der Waals surface area (Å²) in [5.41, 5.74) is 6.06. The van der Waals surface area contributed by atoms with Gasteiger partial charge in [0, 0.05) is 12.3 Å². The minimum absolute atomic E-state index is 0.202. The number of amides is 1. The fraction of sp³-hybridized carbons (Fsp3) is 0.417. The average Bonchev–Trinajstić information content (AvgIpc) is 2.64. The molecule has 4 nitrogen and oxygen atoms in total. The number of anilines is 1. The van der Waals surface area contributed by atoms with Crippen molar-refractivity contribution in [2.45, 2.75) is 18.9 Å². The van der Waals surface area contributed by atoms with Gasteiger partial charge < -0.3 is 15.8 Å². The predicted molar refractivity (Wildman–Crippen MR) is 62.1 cm³/mol. The van der Waals surface area contributed by atoms with Crippen molar-refractivity contribution in [3.05, 3.63) is 29.6 Å². The molecule has 17 heavy (non-hydrogen) atoms. The van der Waals surface area contributed by atoms with E-state index in [-0.39, 0.29) is 18.3 Å². The largest absolute Gasteiger partial charge is 0.379 e. The number of ether oxygens (including phenoxy) is 1. The molecule has 1 aromatic rings. The summed E-state index contributed by atoms with van der Waals surface area (Å²) in [6.07, 6.45) is 0.479. The highest BCUT2D eigenvalue weighted by atomic mass is 19.1. The highest BCUT2D eigenvalue weighted by Crippen LogP contribution is 2.19. The molecule has 0 bridgehead atoms. The molecule has 0 radical (unpaired) electrons. The molecule has 5 heteroatoms. The monoisotopic (exact) mass is 238 g/mol. The molecule has 1 saturated heterocycles. The Morgan fingerprint density at radius 2 is 2.29 bits per heavy atom. The lowest BCUT2D eigenvalue weighted by Crippen LogP contribution is -2.51. The predicted octanol–water partition coefficient (Wildman–Crippen LogP) is 1.19. The van der Waals surface area contributed by atoms with Gasteiger partial charge >= 0.3 is 0 Å². The first-order chi connectivity index (χ1) is 7.99. The molecule has 0 aromatic heterocycles. The smallest absolute Gasteiger partial charge is 0.246 e. The number of hydrogen-bond acceptors (Lipinski definition) is 3. The lowest BCUT2D eigenvalue weighted by atomic mass is 9.99. The fourth-order valence-electron chi connectivity index (χ4n) is 1.82. The Bertz CT molecular complexity index is 422. The highest BCUT2D eigenvalue weighted by Gasteiger charge is 2.38. The van der Waals surface area contributed by atoms with E-state index >= 15 is 0 Å². The number of hydrogen-bond donors (Lipinski definition) is 2. The highest BCUT2D eigenvalue weighted by molar-refractivity contribution is 5.98. The van der Waals surface area contributed by atoms with E-state index < -0.39 is 5.54 Å². The summed E-state index contributed by atoms with van der Waals surface area (Å²) in [5, 5.41) is 2.62. The number of nitrogens with one attached hydrogen (secondary N) is 1. The van der Waals surface area contributed by atoms with Crippen molar-refractivity contribution in [2.24, 2.45) is 5.73 Å². The number of carbonyl (C=O) groups is 1. The molecule has 1 fully saturated rings. The quantitative estimate of drug-likeness (QED) is 0.813. The summed E-state index contributed by atoms with van der Waals surface area (Å²) in [5.74, 6) is -0.714. The standard InChI is InChI=1S/C12H15FN2O2/c1-8-4-9(13)6-10(5-8)15-11(16)12(14)2-3-17-7-12/h4-6H,2-3,7,14H2,1H3,(H,15,16). The molecular formula is C12H15FN2O2. The second-order valence-electron chi connectivity index (χ2n) is 4.43. The molecule has 92 valence electrons. The zero-order valence-electron chi connectivity index (χ0n) is 9.63. The van der Waals surface area contributed by atoms with Crippen molar-refractivity contribution >= 4 is 11.6 Å². The number of benzene rings is 1. The van der Waals surface area contributed by atoms with Gasteiger partial charge in [-0.1, -0.05) is 0 Å². The first-order valence-electron chi connectivity index (χ1n) is 5.45. The molecule has 1 amide bonds. The Kier molecular flexibility index (Phi) is 3.13. The molecule has 1 unspecified atom stereocenters. The summed E-state index contributed by atoms with van der Waals surface area (Å²) in [6.45, 7) is 2.44. The van der Waals surface area contributed by atoms with Crippen LogP contribution in [0.15, 0.2) is 18.2 Å². The second-order valence-corrected chi connectivity index (χ2v) is 4.43. The van der Waals surface area contributed by atoms with E-state index in [0.29, 0.717) is 18.7 Å². The Balaban J connectivity index is 2.12. The summed E-state index contributed by atoms with van der Waals surface area (Å²) in [6, 6.07) is 4.36. The van der Waals surface area contributed by atoms with Gasteiger partial charge in [-0.15, -0.1) is 0 Å². The van der Waals surface area contributed by atoms with Gasteiger partial charge in [0.05, 0.1) is 6.61 Å². The van der Waals surface area contributed by atoms with Gasteiger partial charge in [0.15, 0.2) is 0 Å². The summed E-state index contributed by atoms with van der Waals surface area (Å²) in [7, 11) is 0. The van der Waals surface area contributed by atoms with Crippen LogP contribution in [0.2, 0.25) is 0 Å². The Labute approximate surface area is 98.9 Å². The van der Waals surface area contributed by atoms with Crippen LogP contribution in [0.25, 0.3) is 0 Å². The molecule has 1 aliphatic rings. The van der Waals surface area contributed by atoms with Crippen LogP contribution in [0.3, 0.4) is 0 Å². The van der Waals surface area contributed by atoms with Gasteiger partial charge in [0.25, 0.3) is 0 Å². The number of carbonyl (C=O) groups excluding carboxylic acids is 1. The van der Waals surface area contributed by atoms with Gasteiger partial charge in [-0.2, -0.15) is 0 Å². The normalized spacial score (nSPS) is 23.7. The fourth-order valence-corrected chi connectivity index (χ4v) is 1.82. The molecule has 3 N–H and O–H groups in total. The van der Waals surface area contributed by atoms with Crippen molar-refractivity contribution in [1.29, 1.82) is 0 Å². The Morgan fingerprint density at radius 3 is 2.88 bits per heavy atom. The van der Waals surface area contributed by atoms with Gasteiger partial charge in [0.1, 0.15) is 11.4 Å². The minimum Gasteiger partial charge on any atom is -0.379 e. The molecule has 1 atom stereocenters. The first kappa shape index (κ1) is 12.0. The second kappa shape index (κ2) is 4.43. The van der Waals surface area contributed by atoms with Crippen LogP contribution in [0.1, 0.15) is 12.0 Å². The number of halogens is 1. The SMILES string of the molecule is Cc1cc(F)cc(NC(=O)C2(N)CCOC2)c1. The molecule has 0 aliphatic carbocycles. The summed E-state index contributed by atoms with van der Waals surface area (Å²) in [4.78, 5) is 11.9. The van der Waals surface area contributed by atoms with Crippen LogP contribution in [0, 0.1) is 12.7 Å². The zero-order valence-corrected chi connectivity index (χ0v) is 9.63. The van der Waals surface area contributed by atoms with Gasteiger partial charge in [0.2, 0.25) is 5.91 Å². The van der Waals surface area contributed by atoms with Crippen LogP contribution < -0.4 is 11.1 Å². The van der Waals surface area contributed by atoms with Crippen molar-refractivity contribution in [3.63, 3.8) is 0 Å². The Hall–Kier alpha value is -1.46. The molecular weight excluding hydrogens is 223 g/mol. The molecule has 1 heterocycles. The maximum absolute atomic E-state index is 13.1. The molecule has 1 aliphatic heterocycles. The minimum atomic E-state index is -1.000. The molecule has 2 rings (SSSR count). The number of rotatable bonds is 2. The summed E-state index contributed by atoms with van der Waals surface area (Å²) >= 11 is 0. The van der Waals surface area contributed by atoms with Crippen LogP contribution >= 0.6 is 0 Å². The van der Waals surface area contributed by atoms with Gasteiger partial charge in [-0.05, 0) is 37.1 Å². The molecule has 0 spiro atoms.